The fourth-order valence-electron chi connectivity index (χ4n) is 4.48. The van der Waals surface area contributed by atoms with E-state index in [0.29, 0.717) is 11.4 Å². The van der Waals surface area contributed by atoms with Gasteiger partial charge < -0.3 is 4.90 Å². The second-order valence-electron chi connectivity index (χ2n) is 7.75. The average molecular weight is 482 g/mol. The van der Waals surface area contributed by atoms with Crippen molar-refractivity contribution in [2.24, 2.45) is 11.1 Å². The maximum atomic E-state index is 13.4. The van der Waals surface area contributed by atoms with Gasteiger partial charge in [-0.05, 0) is 82.2 Å². The minimum absolute atomic E-state index is 0.0830. The van der Waals surface area contributed by atoms with Gasteiger partial charge in [0.05, 0.1) is 10.6 Å². The molecule has 2 aliphatic rings. The van der Waals surface area contributed by atoms with Gasteiger partial charge in [0.1, 0.15) is 11.0 Å². The Bertz CT molecular complexity index is 1180. The fourth-order valence-corrected chi connectivity index (χ4v) is 5.83. The number of carbonyl (C=O) groups excluding carboxylic acids is 1. The van der Waals surface area contributed by atoms with E-state index in [1.807, 2.05) is 29.2 Å². The third-order valence-corrected chi connectivity index (χ3v) is 7.65. The maximum Gasteiger partial charge on any atom is 0.230 e. The zero-order valence-corrected chi connectivity index (χ0v) is 18.6. The Kier molecular flexibility index (Phi) is 5.05. The quantitative estimate of drug-likeness (QED) is 0.617. The molecule has 1 aliphatic heterocycles. The summed E-state index contributed by atoms with van der Waals surface area (Å²) in [4.78, 5) is 20.2. The van der Waals surface area contributed by atoms with Crippen LogP contribution in [-0.4, -0.2) is 21.6 Å². The molecule has 0 radical (unpaired) electrons. The molecule has 152 valence electrons. The number of amides is 1. The van der Waals surface area contributed by atoms with Crippen LogP contribution in [0, 0.1) is 5.92 Å². The molecule has 2 unspecified atom stereocenters. The number of halogens is 1. The number of hydrogen-bond donors (Lipinski definition) is 1. The highest BCUT2D eigenvalue weighted by Crippen LogP contribution is 2.37. The van der Waals surface area contributed by atoms with Crippen molar-refractivity contribution in [1.29, 1.82) is 0 Å². The van der Waals surface area contributed by atoms with Gasteiger partial charge >= 0.3 is 0 Å². The maximum absolute atomic E-state index is 13.4. The molecule has 2 heterocycles. The Labute approximate surface area is 186 Å². The smallest absolute Gasteiger partial charge is 0.230 e. The van der Waals surface area contributed by atoms with E-state index in [2.05, 4.69) is 39.1 Å². The van der Waals surface area contributed by atoms with Crippen LogP contribution in [0.15, 0.2) is 64.1 Å². The largest absolute Gasteiger partial charge is 0.312 e. The number of pyridine rings is 1. The molecular formula is C23H20BrN3O2S. The lowest BCUT2D eigenvalue weighted by atomic mass is 10.0. The summed E-state index contributed by atoms with van der Waals surface area (Å²) in [5, 5.41) is 5.61. The summed E-state index contributed by atoms with van der Waals surface area (Å²) in [7, 11) is -1.61. The van der Waals surface area contributed by atoms with Crippen molar-refractivity contribution < 1.29 is 9.00 Å². The van der Waals surface area contributed by atoms with Crippen LogP contribution in [0.4, 0.5) is 5.69 Å². The van der Waals surface area contributed by atoms with Crippen LogP contribution < -0.4 is 10.0 Å². The summed E-state index contributed by atoms with van der Waals surface area (Å²) < 4.78 is 12.6. The van der Waals surface area contributed by atoms with Crippen molar-refractivity contribution >= 4 is 38.5 Å². The number of nitrogens with two attached hydrogens (primary N) is 1. The molecule has 2 atom stereocenters. The molecule has 30 heavy (non-hydrogen) atoms. The molecule has 2 N–H and O–H groups in total. The summed E-state index contributed by atoms with van der Waals surface area (Å²) in [6.07, 6.45) is 4.06. The predicted molar refractivity (Wildman–Crippen MR) is 121 cm³/mol. The zero-order valence-electron chi connectivity index (χ0n) is 16.2. The molecule has 3 aromatic rings. The number of anilines is 1. The zero-order chi connectivity index (χ0) is 20.8. The van der Waals surface area contributed by atoms with Crippen molar-refractivity contribution in [3.63, 3.8) is 0 Å². The minimum Gasteiger partial charge on any atom is -0.312 e. The molecule has 5 rings (SSSR count). The summed E-state index contributed by atoms with van der Waals surface area (Å²) in [6.45, 7) is 0.646. The molecule has 0 bridgehead atoms. The Hall–Kier alpha value is -2.35. The van der Waals surface area contributed by atoms with Crippen LogP contribution in [-0.2, 0) is 35.0 Å². The van der Waals surface area contributed by atoms with E-state index >= 15 is 0 Å². The van der Waals surface area contributed by atoms with Crippen LogP contribution in [0.5, 0.6) is 0 Å². The van der Waals surface area contributed by atoms with Crippen molar-refractivity contribution in [2.75, 3.05) is 11.4 Å². The van der Waals surface area contributed by atoms with E-state index in [4.69, 9.17) is 5.14 Å². The Morgan fingerprint density at radius 3 is 2.70 bits per heavy atom. The van der Waals surface area contributed by atoms with Crippen molar-refractivity contribution in [3.05, 3.63) is 75.9 Å². The first-order chi connectivity index (χ1) is 14.5. The van der Waals surface area contributed by atoms with E-state index in [1.54, 1.807) is 12.3 Å². The van der Waals surface area contributed by atoms with Crippen molar-refractivity contribution in [3.8, 4) is 11.3 Å². The first kappa shape index (κ1) is 19.6. The average Bonchev–Trinajstić information content (AvgIpc) is 3.36. The third-order valence-electron chi connectivity index (χ3n) is 5.96. The molecule has 0 saturated carbocycles. The molecule has 7 heteroatoms. The molecule has 0 spiro atoms. The minimum atomic E-state index is -1.61. The molecule has 1 amide bonds. The van der Waals surface area contributed by atoms with E-state index in [-0.39, 0.29) is 11.8 Å². The molecule has 2 aromatic carbocycles. The summed E-state index contributed by atoms with van der Waals surface area (Å²) in [5.41, 5.74) is 6.38. The molecule has 1 aromatic heterocycles. The van der Waals surface area contributed by atoms with Gasteiger partial charge in [0.15, 0.2) is 0 Å². The summed E-state index contributed by atoms with van der Waals surface area (Å²) in [5.74, 6) is 0.0424. The lowest BCUT2D eigenvalue weighted by Gasteiger charge is -2.22. The third kappa shape index (κ3) is 3.41. The summed E-state index contributed by atoms with van der Waals surface area (Å²) in [6, 6.07) is 16.0. The van der Waals surface area contributed by atoms with Gasteiger partial charge in [0, 0.05) is 34.4 Å². The number of aromatic nitrogens is 1. The van der Waals surface area contributed by atoms with Crippen LogP contribution in [0.3, 0.4) is 0 Å². The Morgan fingerprint density at radius 1 is 1.10 bits per heavy atom. The van der Waals surface area contributed by atoms with Crippen molar-refractivity contribution in [2.45, 2.75) is 24.2 Å². The van der Waals surface area contributed by atoms with Gasteiger partial charge in [-0.1, -0.05) is 18.2 Å². The highest BCUT2D eigenvalue weighted by molar-refractivity contribution is 9.10. The molecule has 0 saturated heterocycles. The molecule has 1 aliphatic carbocycles. The second kappa shape index (κ2) is 7.72. The predicted octanol–water partition coefficient (Wildman–Crippen LogP) is 3.80. The van der Waals surface area contributed by atoms with Crippen LogP contribution in [0.25, 0.3) is 11.3 Å². The van der Waals surface area contributed by atoms with Crippen LogP contribution in [0.2, 0.25) is 0 Å². The van der Waals surface area contributed by atoms with E-state index in [0.717, 1.165) is 46.2 Å². The van der Waals surface area contributed by atoms with Crippen LogP contribution in [0.1, 0.15) is 16.7 Å². The normalized spacial score (nSPS) is 18.2. The van der Waals surface area contributed by atoms with E-state index < -0.39 is 11.0 Å². The van der Waals surface area contributed by atoms with Gasteiger partial charge in [-0.2, -0.15) is 0 Å². The van der Waals surface area contributed by atoms with Crippen LogP contribution >= 0.6 is 15.9 Å². The summed E-state index contributed by atoms with van der Waals surface area (Å²) >= 11 is 3.44. The van der Waals surface area contributed by atoms with Gasteiger partial charge in [0.2, 0.25) is 5.91 Å². The molecule has 0 fully saturated rings. The number of fused-ring (bicyclic) bond motifs is 2. The molecule has 5 nitrogen and oxygen atoms in total. The lowest BCUT2D eigenvalue weighted by molar-refractivity contribution is -0.122. The standard InChI is InChI=1S/C23H20BrN3O2S/c24-19-12-16-6-8-27(21(16)13-22(19)30(25)29)23(28)18-9-14-4-5-15(10-17(14)11-18)20-3-1-2-7-26-20/h1-5,7,10,12-13,18H,6,8-9,11,25H2. The number of rotatable bonds is 3. The number of benzene rings is 2. The van der Waals surface area contributed by atoms with E-state index in [9.17, 15) is 9.00 Å². The lowest BCUT2D eigenvalue weighted by Crippen LogP contribution is -2.35. The Morgan fingerprint density at radius 2 is 1.93 bits per heavy atom. The SMILES string of the molecule is NS(=O)c1cc2c(cc1Br)CCN2C(=O)C1Cc2ccc(-c3ccccn3)cc2C1. The monoisotopic (exact) mass is 481 g/mol. The molecular weight excluding hydrogens is 462 g/mol. The van der Waals surface area contributed by atoms with Gasteiger partial charge in [-0.15, -0.1) is 0 Å². The van der Waals surface area contributed by atoms with Gasteiger partial charge in [-0.3, -0.25) is 9.78 Å². The topological polar surface area (TPSA) is 76.3 Å². The van der Waals surface area contributed by atoms with Gasteiger partial charge in [0.25, 0.3) is 0 Å². The number of carbonyl (C=O) groups is 1. The number of hydrogen-bond acceptors (Lipinski definition) is 3. The highest BCUT2D eigenvalue weighted by atomic mass is 79.9. The van der Waals surface area contributed by atoms with E-state index in [1.165, 1.54) is 11.1 Å². The second-order valence-corrected chi connectivity index (χ2v) is 9.64. The first-order valence-corrected chi connectivity index (χ1v) is 11.8. The fraction of sp³-hybridized carbons (Fsp3) is 0.217. The van der Waals surface area contributed by atoms with Gasteiger partial charge in [-0.25, -0.2) is 9.35 Å². The first-order valence-electron chi connectivity index (χ1n) is 9.84. The van der Waals surface area contributed by atoms with Crippen molar-refractivity contribution in [1.82, 2.24) is 4.98 Å². The Balaban J connectivity index is 1.40. The highest BCUT2D eigenvalue weighted by Gasteiger charge is 2.34. The number of nitrogens with zero attached hydrogens (tertiary/aromatic N) is 2.